The lowest BCUT2D eigenvalue weighted by atomic mass is 10.1. The average molecular weight is 230 g/mol. The molecule has 0 fully saturated rings. The second-order valence-corrected chi connectivity index (χ2v) is 3.36. The lowest BCUT2D eigenvalue weighted by Gasteiger charge is -2.08. The predicted molar refractivity (Wildman–Crippen MR) is 66.4 cm³/mol. The molecule has 3 N–H and O–H groups in total. The van der Waals surface area contributed by atoms with Crippen LogP contribution in [0, 0.1) is 0 Å². The SMILES string of the molecule is CCOc1cccc(-c2nccnc2NN)c1. The van der Waals surface area contributed by atoms with E-state index in [4.69, 9.17) is 10.6 Å². The molecule has 0 spiro atoms. The van der Waals surface area contributed by atoms with E-state index in [0.717, 1.165) is 11.3 Å². The fourth-order valence-electron chi connectivity index (χ4n) is 1.55. The maximum absolute atomic E-state index is 5.44. The number of rotatable bonds is 4. The zero-order valence-electron chi connectivity index (χ0n) is 9.55. The van der Waals surface area contributed by atoms with Crippen molar-refractivity contribution >= 4 is 5.82 Å². The highest BCUT2D eigenvalue weighted by atomic mass is 16.5. The van der Waals surface area contributed by atoms with Crippen molar-refractivity contribution in [2.24, 2.45) is 5.84 Å². The van der Waals surface area contributed by atoms with E-state index in [1.165, 1.54) is 0 Å². The zero-order chi connectivity index (χ0) is 12.1. The summed E-state index contributed by atoms with van der Waals surface area (Å²) < 4.78 is 5.44. The number of hydrazine groups is 1. The topological polar surface area (TPSA) is 73.1 Å². The van der Waals surface area contributed by atoms with Gasteiger partial charge < -0.3 is 10.2 Å². The highest BCUT2D eigenvalue weighted by molar-refractivity contribution is 5.71. The van der Waals surface area contributed by atoms with Crippen LogP contribution in [0.15, 0.2) is 36.7 Å². The van der Waals surface area contributed by atoms with Crippen LogP contribution in [0.4, 0.5) is 5.82 Å². The van der Waals surface area contributed by atoms with E-state index in [1.54, 1.807) is 12.4 Å². The summed E-state index contributed by atoms with van der Waals surface area (Å²) in [5, 5.41) is 0. The molecule has 0 atom stereocenters. The molecule has 1 heterocycles. The van der Waals surface area contributed by atoms with Gasteiger partial charge in [-0.25, -0.2) is 10.8 Å². The van der Waals surface area contributed by atoms with Gasteiger partial charge in [0, 0.05) is 18.0 Å². The molecule has 1 aromatic heterocycles. The minimum atomic E-state index is 0.543. The Morgan fingerprint density at radius 2 is 2.12 bits per heavy atom. The maximum atomic E-state index is 5.44. The summed E-state index contributed by atoms with van der Waals surface area (Å²) in [6.45, 7) is 2.58. The summed E-state index contributed by atoms with van der Waals surface area (Å²) in [5.41, 5.74) is 4.15. The highest BCUT2D eigenvalue weighted by Crippen LogP contribution is 2.26. The number of aromatic nitrogens is 2. The second-order valence-electron chi connectivity index (χ2n) is 3.36. The molecule has 1 aromatic carbocycles. The van der Waals surface area contributed by atoms with Crippen molar-refractivity contribution in [2.75, 3.05) is 12.0 Å². The van der Waals surface area contributed by atoms with Crippen molar-refractivity contribution < 1.29 is 4.74 Å². The molecule has 0 saturated carbocycles. The van der Waals surface area contributed by atoms with Crippen molar-refractivity contribution in [3.8, 4) is 17.0 Å². The van der Waals surface area contributed by atoms with Crippen LogP contribution in [0.1, 0.15) is 6.92 Å². The Kier molecular flexibility index (Phi) is 3.52. The van der Waals surface area contributed by atoms with E-state index in [-0.39, 0.29) is 0 Å². The van der Waals surface area contributed by atoms with E-state index in [2.05, 4.69) is 15.4 Å². The molecule has 0 saturated heterocycles. The standard InChI is InChI=1S/C12H14N4O/c1-2-17-10-5-3-4-9(8-10)11-12(16-13)15-7-6-14-11/h3-8H,2,13H2,1H3,(H,15,16). The van der Waals surface area contributed by atoms with Crippen LogP contribution in [-0.4, -0.2) is 16.6 Å². The molecule has 88 valence electrons. The Morgan fingerprint density at radius 3 is 2.88 bits per heavy atom. The minimum Gasteiger partial charge on any atom is -0.494 e. The molecule has 0 aliphatic rings. The lowest BCUT2D eigenvalue weighted by Crippen LogP contribution is -2.10. The third-order valence-electron chi connectivity index (χ3n) is 2.25. The van der Waals surface area contributed by atoms with Gasteiger partial charge in [0.05, 0.1) is 6.61 Å². The Hall–Kier alpha value is -2.14. The normalized spacial score (nSPS) is 10.0. The number of benzene rings is 1. The van der Waals surface area contributed by atoms with Gasteiger partial charge >= 0.3 is 0 Å². The molecule has 5 nitrogen and oxygen atoms in total. The minimum absolute atomic E-state index is 0.543. The number of nitrogens with one attached hydrogen (secondary N) is 1. The van der Waals surface area contributed by atoms with Gasteiger partial charge in [0.1, 0.15) is 11.4 Å². The number of nitrogen functional groups attached to an aromatic ring is 1. The fourth-order valence-corrected chi connectivity index (χ4v) is 1.55. The van der Waals surface area contributed by atoms with E-state index in [9.17, 15) is 0 Å². The van der Waals surface area contributed by atoms with Crippen LogP contribution in [-0.2, 0) is 0 Å². The molecule has 0 amide bonds. The predicted octanol–water partition coefficient (Wildman–Crippen LogP) is 1.83. The van der Waals surface area contributed by atoms with Crippen molar-refractivity contribution in [3.05, 3.63) is 36.7 Å². The van der Waals surface area contributed by atoms with Crippen molar-refractivity contribution in [1.29, 1.82) is 0 Å². The number of anilines is 1. The van der Waals surface area contributed by atoms with Gasteiger partial charge in [-0.2, -0.15) is 0 Å². The first kappa shape index (κ1) is 11.3. The van der Waals surface area contributed by atoms with Gasteiger partial charge in [-0.15, -0.1) is 0 Å². The quantitative estimate of drug-likeness (QED) is 0.619. The Balaban J connectivity index is 2.41. The Bertz CT molecular complexity index is 501. The van der Waals surface area contributed by atoms with Gasteiger partial charge in [0.2, 0.25) is 0 Å². The van der Waals surface area contributed by atoms with Crippen molar-refractivity contribution in [1.82, 2.24) is 9.97 Å². The molecule has 0 aliphatic carbocycles. The highest BCUT2D eigenvalue weighted by Gasteiger charge is 2.07. The largest absolute Gasteiger partial charge is 0.494 e. The lowest BCUT2D eigenvalue weighted by molar-refractivity contribution is 0.340. The molecular weight excluding hydrogens is 216 g/mol. The number of nitrogens with zero attached hydrogens (tertiary/aromatic N) is 2. The van der Waals surface area contributed by atoms with Gasteiger partial charge in [-0.05, 0) is 19.1 Å². The summed E-state index contributed by atoms with van der Waals surface area (Å²) in [6.07, 6.45) is 3.22. The van der Waals surface area contributed by atoms with E-state index >= 15 is 0 Å². The fraction of sp³-hybridized carbons (Fsp3) is 0.167. The summed E-state index contributed by atoms with van der Waals surface area (Å²) >= 11 is 0. The molecule has 2 rings (SSSR count). The average Bonchev–Trinajstić information content (AvgIpc) is 2.39. The Morgan fingerprint density at radius 1 is 1.29 bits per heavy atom. The third kappa shape index (κ3) is 2.51. The number of hydrogen-bond acceptors (Lipinski definition) is 5. The number of hydrogen-bond donors (Lipinski definition) is 2. The zero-order valence-corrected chi connectivity index (χ0v) is 9.55. The number of nitrogens with two attached hydrogens (primary N) is 1. The molecule has 5 heteroatoms. The molecule has 2 aromatic rings. The van der Waals surface area contributed by atoms with Crippen LogP contribution in [0.5, 0.6) is 5.75 Å². The summed E-state index contributed by atoms with van der Waals surface area (Å²) in [5.74, 6) is 6.75. The molecular formula is C12H14N4O. The summed E-state index contributed by atoms with van der Waals surface area (Å²) in [7, 11) is 0. The smallest absolute Gasteiger partial charge is 0.166 e. The van der Waals surface area contributed by atoms with Gasteiger partial charge in [0.25, 0.3) is 0 Å². The van der Waals surface area contributed by atoms with Gasteiger partial charge in [-0.3, -0.25) is 4.98 Å². The van der Waals surface area contributed by atoms with Crippen LogP contribution in [0.2, 0.25) is 0 Å². The second kappa shape index (κ2) is 5.27. The summed E-state index contributed by atoms with van der Waals surface area (Å²) in [6, 6.07) is 7.66. The first-order valence-electron chi connectivity index (χ1n) is 5.36. The van der Waals surface area contributed by atoms with Crippen LogP contribution >= 0.6 is 0 Å². The first-order valence-corrected chi connectivity index (χ1v) is 5.36. The van der Waals surface area contributed by atoms with Crippen LogP contribution in [0.25, 0.3) is 11.3 Å². The molecule has 0 aliphatic heterocycles. The molecule has 0 bridgehead atoms. The van der Waals surface area contributed by atoms with Crippen LogP contribution in [0.3, 0.4) is 0 Å². The molecule has 17 heavy (non-hydrogen) atoms. The maximum Gasteiger partial charge on any atom is 0.166 e. The van der Waals surface area contributed by atoms with Gasteiger partial charge in [-0.1, -0.05) is 12.1 Å². The van der Waals surface area contributed by atoms with E-state index in [0.29, 0.717) is 18.1 Å². The third-order valence-corrected chi connectivity index (χ3v) is 2.25. The first-order chi connectivity index (χ1) is 8.35. The van der Waals surface area contributed by atoms with Crippen molar-refractivity contribution in [2.45, 2.75) is 6.92 Å². The van der Waals surface area contributed by atoms with Gasteiger partial charge in [0.15, 0.2) is 5.82 Å². The Labute approximate surface area is 99.6 Å². The molecule has 0 unspecified atom stereocenters. The summed E-state index contributed by atoms with van der Waals surface area (Å²) in [4.78, 5) is 8.37. The van der Waals surface area contributed by atoms with E-state index in [1.807, 2.05) is 31.2 Å². The monoisotopic (exact) mass is 230 g/mol. The number of ether oxygens (including phenoxy) is 1. The van der Waals surface area contributed by atoms with Crippen LogP contribution < -0.4 is 16.0 Å². The van der Waals surface area contributed by atoms with E-state index < -0.39 is 0 Å². The van der Waals surface area contributed by atoms with Crippen molar-refractivity contribution in [3.63, 3.8) is 0 Å². The molecule has 0 radical (unpaired) electrons.